The minimum Gasteiger partial charge on any atom is -0.338 e. The smallest absolute Gasteiger partial charge is 0.338 e. The maximum absolute atomic E-state index is 11.6. The first-order valence-electron chi connectivity index (χ1n) is 7.04. The van der Waals surface area contributed by atoms with Gasteiger partial charge in [0.25, 0.3) is 0 Å². The Kier molecular flexibility index (Phi) is 4.82. The average Bonchev–Trinajstić information content (AvgIpc) is 3.14. The van der Waals surface area contributed by atoms with E-state index in [-0.39, 0.29) is 5.69 Å². The molecule has 0 radical (unpaired) electrons. The van der Waals surface area contributed by atoms with Gasteiger partial charge >= 0.3 is 5.69 Å². The summed E-state index contributed by atoms with van der Waals surface area (Å²) >= 11 is 7.49. The second kappa shape index (κ2) is 7.01. The Labute approximate surface area is 141 Å². The average molecular weight is 352 g/mol. The molecule has 0 unspecified atom stereocenters. The fourth-order valence-corrected chi connectivity index (χ4v) is 3.06. The van der Waals surface area contributed by atoms with Crippen molar-refractivity contribution in [2.75, 3.05) is 0 Å². The number of aromatic amines is 1. The Morgan fingerprint density at radius 3 is 3.00 bits per heavy atom. The maximum atomic E-state index is 11.6. The highest BCUT2D eigenvalue weighted by molar-refractivity contribution is 7.98. The van der Waals surface area contributed by atoms with Gasteiger partial charge < -0.3 is 4.52 Å². The molecular weight excluding hydrogens is 338 g/mol. The van der Waals surface area contributed by atoms with Crippen LogP contribution in [0.2, 0.25) is 5.02 Å². The Hall–Kier alpha value is -2.06. The van der Waals surface area contributed by atoms with Gasteiger partial charge in [-0.05, 0) is 18.6 Å². The van der Waals surface area contributed by atoms with Gasteiger partial charge in [0, 0.05) is 12.1 Å². The van der Waals surface area contributed by atoms with Crippen molar-refractivity contribution in [3.63, 3.8) is 0 Å². The van der Waals surface area contributed by atoms with Gasteiger partial charge in [0.2, 0.25) is 11.7 Å². The molecule has 1 aromatic carbocycles. The molecule has 2 heterocycles. The van der Waals surface area contributed by atoms with Crippen LogP contribution in [0.3, 0.4) is 0 Å². The second-order valence-electron chi connectivity index (χ2n) is 4.74. The third kappa shape index (κ3) is 3.48. The van der Waals surface area contributed by atoms with Gasteiger partial charge in [-0.3, -0.25) is 4.57 Å². The number of halogens is 1. The van der Waals surface area contributed by atoms with Gasteiger partial charge in [0.1, 0.15) is 0 Å². The van der Waals surface area contributed by atoms with Crippen molar-refractivity contribution in [2.24, 2.45) is 0 Å². The van der Waals surface area contributed by atoms with E-state index < -0.39 is 0 Å². The first-order valence-corrected chi connectivity index (χ1v) is 8.41. The van der Waals surface area contributed by atoms with E-state index in [0.717, 1.165) is 12.0 Å². The lowest BCUT2D eigenvalue weighted by atomic mass is 10.2. The first kappa shape index (κ1) is 15.8. The van der Waals surface area contributed by atoms with E-state index >= 15 is 0 Å². The number of hydrogen-bond acceptors (Lipinski definition) is 6. The molecule has 3 rings (SSSR count). The largest absolute Gasteiger partial charge is 0.343 e. The number of benzene rings is 1. The molecule has 0 aliphatic carbocycles. The van der Waals surface area contributed by atoms with Crippen LogP contribution in [-0.4, -0.2) is 24.9 Å². The van der Waals surface area contributed by atoms with Crippen LogP contribution in [-0.2, 0) is 12.3 Å². The zero-order valence-electron chi connectivity index (χ0n) is 12.3. The number of H-pyrrole nitrogens is 1. The zero-order chi connectivity index (χ0) is 16.2. The van der Waals surface area contributed by atoms with Crippen LogP contribution in [0.25, 0.3) is 11.4 Å². The minimum absolute atomic E-state index is 0.211. The molecule has 0 aliphatic rings. The summed E-state index contributed by atoms with van der Waals surface area (Å²) in [4.78, 5) is 16.0. The lowest BCUT2D eigenvalue weighted by Crippen LogP contribution is -2.17. The van der Waals surface area contributed by atoms with Crippen molar-refractivity contribution in [1.29, 1.82) is 0 Å². The van der Waals surface area contributed by atoms with E-state index in [2.05, 4.69) is 20.3 Å². The lowest BCUT2D eigenvalue weighted by Gasteiger charge is -2.01. The Morgan fingerprint density at radius 1 is 1.39 bits per heavy atom. The van der Waals surface area contributed by atoms with Crippen molar-refractivity contribution in [1.82, 2.24) is 24.9 Å². The molecule has 120 valence electrons. The number of thioether (sulfide) groups is 1. The molecular formula is C14H14ClN5O2S. The number of nitrogens with one attached hydrogen (secondary N) is 1. The first-order chi connectivity index (χ1) is 11.2. The van der Waals surface area contributed by atoms with Crippen LogP contribution < -0.4 is 5.69 Å². The zero-order valence-corrected chi connectivity index (χ0v) is 13.9. The summed E-state index contributed by atoms with van der Waals surface area (Å²) in [6.45, 7) is 2.62. The molecule has 3 aromatic rings. The number of nitrogens with zero attached hydrogens (tertiary/aromatic N) is 4. The van der Waals surface area contributed by atoms with Crippen LogP contribution in [0.5, 0.6) is 0 Å². The second-order valence-corrected chi connectivity index (χ2v) is 6.09. The summed E-state index contributed by atoms with van der Waals surface area (Å²) < 4.78 is 6.83. The number of aromatic nitrogens is 5. The van der Waals surface area contributed by atoms with Gasteiger partial charge in [0.15, 0.2) is 5.16 Å². The summed E-state index contributed by atoms with van der Waals surface area (Å²) in [5, 5.41) is 11.6. The van der Waals surface area contributed by atoms with Crippen molar-refractivity contribution >= 4 is 23.4 Å². The molecule has 0 spiro atoms. The van der Waals surface area contributed by atoms with Crippen molar-refractivity contribution in [3.05, 3.63) is 45.7 Å². The fraction of sp³-hybridized carbons (Fsp3) is 0.286. The summed E-state index contributed by atoms with van der Waals surface area (Å²) in [6.07, 6.45) is 0.851. The molecule has 0 saturated heterocycles. The van der Waals surface area contributed by atoms with Crippen LogP contribution in [0.15, 0.2) is 38.7 Å². The highest BCUT2D eigenvalue weighted by Gasteiger charge is 2.14. The summed E-state index contributed by atoms with van der Waals surface area (Å²) in [6, 6.07) is 7.30. The molecule has 0 aliphatic heterocycles. The van der Waals surface area contributed by atoms with Crippen LogP contribution in [0.1, 0.15) is 19.2 Å². The predicted molar refractivity (Wildman–Crippen MR) is 87.4 cm³/mol. The van der Waals surface area contributed by atoms with E-state index in [0.29, 0.717) is 34.2 Å². The molecule has 23 heavy (non-hydrogen) atoms. The Bertz CT molecular complexity index is 857. The van der Waals surface area contributed by atoms with Crippen LogP contribution in [0.4, 0.5) is 0 Å². The van der Waals surface area contributed by atoms with Crippen molar-refractivity contribution in [3.8, 4) is 11.4 Å². The molecule has 0 fully saturated rings. The lowest BCUT2D eigenvalue weighted by molar-refractivity contribution is 0.391. The minimum atomic E-state index is -0.211. The number of rotatable bonds is 6. The normalized spacial score (nSPS) is 11.0. The molecule has 1 N–H and O–H groups in total. The van der Waals surface area contributed by atoms with E-state index in [1.165, 1.54) is 11.8 Å². The fourth-order valence-electron chi connectivity index (χ4n) is 2.03. The third-order valence-electron chi connectivity index (χ3n) is 3.08. The quantitative estimate of drug-likeness (QED) is 0.687. The highest BCUT2D eigenvalue weighted by atomic mass is 35.5. The third-order valence-corrected chi connectivity index (χ3v) is 4.37. The molecule has 7 nitrogen and oxygen atoms in total. The summed E-state index contributed by atoms with van der Waals surface area (Å²) in [7, 11) is 0. The standard InChI is InChI=1S/C14H14ClN5O2S/c1-2-7-20-13(21)17-18-14(20)23-8-11-16-12(19-22-11)9-5-3-4-6-10(9)15/h3-6H,2,7-8H2,1H3,(H,17,21). The predicted octanol–water partition coefficient (Wildman–Crippen LogP) is 2.98. The Balaban J connectivity index is 1.73. The highest BCUT2D eigenvalue weighted by Crippen LogP contribution is 2.26. The molecule has 2 aromatic heterocycles. The topological polar surface area (TPSA) is 89.6 Å². The SMILES string of the molecule is CCCn1c(SCc2nc(-c3ccccc3Cl)no2)n[nH]c1=O. The van der Waals surface area contributed by atoms with Gasteiger partial charge in [-0.15, -0.1) is 5.10 Å². The van der Waals surface area contributed by atoms with E-state index in [1.54, 1.807) is 10.6 Å². The van der Waals surface area contributed by atoms with Crippen molar-refractivity contribution < 1.29 is 4.52 Å². The molecule has 9 heteroatoms. The van der Waals surface area contributed by atoms with E-state index in [4.69, 9.17) is 16.1 Å². The van der Waals surface area contributed by atoms with Crippen LogP contribution >= 0.6 is 23.4 Å². The summed E-state index contributed by atoms with van der Waals surface area (Å²) in [5.74, 6) is 1.31. The van der Waals surface area contributed by atoms with Crippen LogP contribution in [0, 0.1) is 0 Å². The van der Waals surface area contributed by atoms with Gasteiger partial charge in [-0.25, -0.2) is 9.89 Å². The van der Waals surface area contributed by atoms with Gasteiger partial charge in [-0.2, -0.15) is 4.98 Å². The summed E-state index contributed by atoms with van der Waals surface area (Å²) in [5.41, 5.74) is 0.508. The molecule has 0 bridgehead atoms. The van der Waals surface area contributed by atoms with E-state index in [1.807, 2.05) is 25.1 Å². The monoisotopic (exact) mass is 351 g/mol. The van der Waals surface area contributed by atoms with Gasteiger partial charge in [0.05, 0.1) is 10.8 Å². The van der Waals surface area contributed by atoms with E-state index in [9.17, 15) is 4.79 Å². The van der Waals surface area contributed by atoms with Crippen molar-refractivity contribution in [2.45, 2.75) is 30.8 Å². The Morgan fingerprint density at radius 2 is 2.22 bits per heavy atom. The van der Waals surface area contributed by atoms with Gasteiger partial charge in [-0.1, -0.05) is 47.6 Å². The molecule has 0 saturated carbocycles. The molecule has 0 atom stereocenters. The molecule has 0 amide bonds. The maximum Gasteiger partial charge on any atom is 0.343 e. The number of hydrogen-bond donors (Lipinski definition) is 1.